The zero-order chi connectivity index (χ0) is 10.6. The lowest BCUT2D eigenvalue weighted by molar-refractivity contribution is 0.646. The van der Waals surface area contributed by atoms with Gasteiger partial charge in [0.05, 0.1) is 0 Å². The van der Waals surface area contributed by atoms with Crippen LogP contribution in [0.1, 0.15) is 36.9 Å². The molecule has 0 aliphatic carbocycles. The third kappa shape index (κ3) is 3.30. The highest BCUT2D eigenvalue weighted by Gasteiger charge is 2.05. The topological polar surface area (TPSA) is 38.9 Å². The van der Waals surface area contributed by atoms with Crippen LogP contribution < -0.4 is 5.73 Å². The van der Waals surface area contributed by atoms with Gasteiger partial charge in [-0.3, -0.25) is 4.98 Å². The van der Waals surface area contributed by atoms with Crippen LogP contribution in [0, 0.1) is 6.92 Å². The molecule has 0 saturated heterocycles. The number of rotatable bonds is 4. The Hall–Kier alpha value is -1.15. The van der Waals surface area contributed by atoms with Gasteiger partial charge in [-0.1, -0.05) is 11.6 Å². The highest BCUT2D eigenvalue weighted by atomic mass is 14.7. The van der Waals surface area contributed by atoms with Crippen molar-refractivity contribution in [1.29, 1.82) is 0 Å². The van der Waals surface area contributed by atoms with E-state index in [1.54, 1.807) is 0 Å². The second-order valence-electron chi connectivity index (χ2n) is 3.90. The van der Waals surface area contributed by atoms with Crippen LogP contribution in [0.3, 0.4) is 0 Å². The first-order chi connectivity index (χ1) is 6.59. The predicted molar refractivity (Wildman–Crippen MR) is 60.0 cm³/mol. The summed E-state index contributed by atoms with van der Waals surface area (Å²) in [5, 5.41) is 0. The molecule has 2 nitrogen and oxygen atoms in total. The SMILES string of the molecule is C=C(C)CCC(N)c1cncc(C)c1. The van der Waals surface area contributed by atoms with Gasteiger partial charge < -0.3 is 5.73 Å². The molecule has 0 aliphatic rings. The Labute approximate surface area is 85.9 Å². The Morgan fingerprint density at radius 3 is 2.86 bits per heavy atom. The molecule has 1 atom stereocenters. The second kappa shape index (κ2) is 4.91. The average Bonchev–Trinajstić information content (AvgIpc) is 2.14. The van der Waals surface area contributed by atoms with Crippen LogP contribution >= 0.6 is 0 Å². The van der Waals surface area contributed by atoms with Gasteiger partial charge in [-0.2, -0.15) is 0 Å². The minimum Gasteiger partial charge on any atom is -0.324 e. The van der Waals surface area contributed by atoms with E-state index in [0.29, 0.717) is 0 Å². The van der Waals surface area contributed by atoms with Gasteiger partial charge in [0.25, 0.3) is 0 Å². The van der Waals surface area contributed by atoms with E-state index in [1.807, 2.05) is 26.2 Å². The van der Waals surface area contributed by atoms with Gasteiger partial charge in [0.15, 0.2) is 0 Å². The first kappa shape index (κ1) is 10.9. The van der Waals surface area contributed by atoms with Gasteiger partial charge in [-0.05, 0) is 37.8 Å². The second-order valence-corrected chi connectivity index (χ2v) is 3.90. The molecule has 2 N–H and O–H groups in total. The summed E-state index contributed by atoms with van der Waals surface area (Å²) in [5.74, 6) is 0. The standard InChI is InChI=1S/C12H18N2/c1-9(2)4-5-12(13)11-6-10(3)7-14-8-11/h6-8,12H,1,4-5,13H2,2-3H3. The Kier molecular flexibility index (Phi) is 3.84. The molecule has 0 spiro atoms. The Morgan fingerprint density at radius 2 is 2.29 bits per heavy atom. The zero-order valence-electron chi connectivity index (χ0n) is 8.96. The molecule has 0 amide bonds. The summed E-state index contributed by atoms with van der Waals surface area (Å²) in [4.78, 5) is 4.13. The van der Waals surface area contributed by atoms with Crippen molar-refractivity contribution in [3.05, 3.63) is 41.7 Å². The minimum absolute atomic E-state index is 0.0825. The summed E-state index contributed by atoms with van der Waals surface area (Å²) in [6.45, 7) is 7.93. The molecule has 1 aromatic heterocycles. The van der Waals surface area contributed by atoms with Crippen LogP contribution in [0.5, 0.6) is 0 Å². The van der Waals surface area contributed by atoms with Crippen molar-refractivity contribution in [3.8, 4) is 0 Å². The highest BCUT2D eigenvalue weighted by molar-refractivity contribution is 5.19. The van der Waals surface area contributed by atoms with Crippen molar-refractivity contribution in [3.63, 3.8) is 0 Å². The maximum absolute atomic E-state index is 6.03. The molecule has 0 saturated carbocycles. The van der Waals surface area contributed by atoms with E-state index < -0.39 is 0 Å². The van der Waals surface area contributed by atoms with Crippen molar-refractivity contribution >= 4 is 0 Å². The molecule has 0 fully saturated rings. The summed E-state index contributed by atoms with van der Waals surface area (Å²) in [6, 6.07) is 2.18. The van der Waals surface area contributed by atoms with E-state index in [1.165, 1.54) is 5.57 Å². The maximum atomic E-state index is 6.03. The van der Waals surface area contributed by atoms with Gasteiger partial charge in [-0.25, -0.2) is 0 Å². The smallest absolute Gasteiger partial charge is 0.0315 e. The number of aryl methyl sites for hydroxylation is 1. The fourth-order valence-electron chi connectivity index (χ4n) is 1.35. The minimum atomic E-state index is 0.0825. The maximum Gasteiger partial charge on any atom is 0.0315 e. The molecular formula is C12H18N2. The van der Waals surface area contributed by atoms with Crippen molar-refractivity contribution < 1.29 is 0 Å². The molecule has 0 radical (unpaired) electrons. The number of hydrogen-bond donors (Lipinski definition) is 1. The summed E-state index contributed by atoms with van der Waals surface area (Å²) < 4.78 is 0. The Morgan fingerprint density at radius 1 is 1.57 bits per heavy atom. The Bertz CT molecular complexity index is 318. The largest absolute Gasteiger partial charge is 0.324 e. The van der Waals surface area contributed by atoms with Crippen molar-refractivity contribution in [2.24, 2.45) is 5.73 Å². The quantitative estimate of drug-likeness (QED) is 0.741. The van der Waals surface area contributed by atoms with Crippen LogP contribution in [-0.2, 0) is 0 Å². The number of aromatic nitrogens is 1. The fraction of sp³-hybridized carbons (Fsp3) is 0.417. The van der Waals surface area contributed by atoms with E-state index in [0.717, 1.165) is 24.0 Å². The number of allylic oxidation sites excluding steroid dienone is 1. The molecule has 1 rings (SSSR count). The summed E-state index contributed by atoms with van der Waals surface area (Å²) >= 11 is 0. The summed E-state index contributed by atoms with van der Waals surface area (Å²) in [5.41, 5.74) is 9.49. The molecule has 1 unspecified atom stereocenters. The highest BCUT2D eigenvalue weighted by Crippen LogP contribution is 2.17. The van der Waals surface area contributed by atoms with Crippen LogP contribution in [0.4, 0.5) is 0 Å². The zero-order valence-corrected chi connectivity index (χ0v) is 8.96. The van der Waals surface area contributed by atoms with Gasteiger partial charge in [0, 0.05) is 18.4 Å². The fourth-order valence-corrected chi connectivity index (χ4v) is 1.35. The first-order valence-corrected chi connectivity index (χ1v) is 4.91. The molecule has 2 heteroatoms. The van der Waals surface area contributed by atoms with E-state index >= 15 is 0 Å². The third-order valence-electron chi connectivity index (χ3n) is 2.21. The normalized spacial score (nSPS) is 12.5. The predicted octanol–water partition coefficient (Wildman–Crippen LogP) is 2.75. The molecule has 0 aromatic carbocycles. The van der Waals surface area contributed by atoms with Gasteiger partial charge in [-0.15, -0.1) is 6.58 Å². The molecule has 0 aliphatic heterocycles. The van der Waals surface area contributed by atoms with Crippen LogP contribution in [-0.4, -0.2) is 4.98 Å². The van der Waals surface area contributed by atoms with Crippen molar-refractivity contribution in [2.75, 3.05) is 0 Å². The van der Waals surface area contributed by atoms with E-state index in [-0.39, 0.29) is 6.04 Å². The molecule has 14 heavy (non-hydrogen) atoms. The van der Waals surface area contributed by atoms with Gasteiger partial charge >= 0.3 is 0 Å². The number of nitrogens with zero attached hydrogens (tertiary/aromatic N) is 1. The summed E-state index contributed by atoms with van der Waals surface area (Å²) in [6.07, 6.45) is 5.61. The first-order valence-electron chi connectivity index (χ1n) is 4.91. The van der Waals surface area contributed by atoms with Gasteiger partial charge in [0.2, 0.25) is 0 Å². The molecule has 76 valence electrons. The average molecular weight is 190 g/mol. The molecule has 1 aromatic rings. The molecule has 1 heterocycles. The number of nitrogens with two attached hydrogens (primary N) is 1. The van der Waals surface area contributed by atoms with E-state index in [9.17, 15) is 0 Å². The van der Waals surface area contributed by atoms with Crippen LogP contribution in [0.15, 0.2) is 30.6 Å². The monoisotopic (exact) mass is 190 g/mol. The van der Waals surface area contributed by atoms with Crippen LogP contribution in [0.2, 0.25) is 0 Å². The molecular weight excluding hydrogens is 172 g/mol. The lowest BCUT2D eigenvalue weighted by Crippen LogP contribution is -2.10. The van der Waals surface area contributed by atoms with E-state index in [2.05, 4.69) is 17.6 Å². The Balaban J connectivity index is 2.60. The van der Waals surface area contributed by atoms with Gasteiger partial charge in [0.1, 0.15) is 0 Å². The van der Waals surface area contributed by atoms with E-state index in [4.69, 9.17) is 5.73 Å². The lowest BCUT2D eigenvalue weighted by Gasteiger charge is -2.11. The summed E-state index contributed by atoms with van der Waals surface area (Å²) in [7, 11) is 0. The van der Waals surface area contributed by atoms with Crippen molar-refractivity contribution in [2.45, 2.75) is 32.7 Å². The number of hydrogen-bond acceptors (Lipinski definition) is 2. The van der Waals surface area contributed by atoms with Crippen LogP contribution in [0.25, 0.3) is 0 Å². The molecule has 0 bridgehead atoms. The van der Waals surface area contributed by atoms with Crippen molar-refractivity contribution in [1.82, 2.24) is 4.98 Å². The lowest BCUT2D eigenvalue weighted by atomic mass is 10.0. The third-order valence-corrected chi connectivity index (χ3v) is 2.21. The number of pyridine rings is 1.